The summed E-state index contributed by atoms with van der Waals surface area (Å²) in [7, 11) is 0. The van der Waals surface area contributed by atoms with Crippen LogP contribution in [-0.2, 0) is 5.60 Å². The molecule has 2 N–H and O–H groups in total. The maximum absolute atomic E-state index is 11.0. The van der Waals surface area contributed by atoms with Crippen LogP contribution in [0, 0.1) is 0 Å². The molecule has 1 aromatic heterocycles. The summed E-state index contributed by atoms with van der Waals surface area (Å²) >= 11 is 0. The van der Waals surface area contributed by atoms with Gasteiger partial charge >= 0.3 is 0 Å². The number of aliphatic hydroxyl groups is 1. The molecule has 0 aliphatic rings. The molecule has 1 aromatic rings. The fourth-order valence-electron chi connectivity index (χ4n) is 0.788. The van der Waals surface area contributed by atoms with Crippen LogP contribution in [0.15, 0.2) is 17.2 Å². The molecule has 0 radical (unpaired) electrons. The van der Waals surface area contributed by atoms with Crippen molar-refractivity contribution >= 4 is 0 Å². The van der Waals surface area contributed by atoms with Gasteiger partial charge in [0.1, 0.15) is 11.3 Å². The zero-order valence-corrected chi connectivity index (χ0v) is 6.46. The number of H-pyrrole nitrogens is 1. The first kappa shape index (κ1) is 7.94. The van der Waals surface area contributed by atoms with Gasteiger partial charge in [0.2, 0.25) is 0 Å². The largest absolute Gasteiger partial charge is 0.384 e. The lowest BCUT2D eigenvalue weighted by Gasteiger charge is -2.13. The fraction of sp³-hybridized carbons (Fsp3) is 0.429. The molecular formula is C7H10N2O2. The molecule has 1 rings (SSSR count). The highest BCUT2D eigenvalue weighted by Gasteiger charge is 2.20. The first-order valence-corrected chi connectivity index (χ1v) is 3.28. The first-order valence-electron chi connectivity index (χ1n) is 3.28. The molecule has 11 heavy (non-hydrogen) atoms. The van der Waals surface area contributed by atoms with Crippen molar-refractivity contribution in [2.45, 2.75) is 19.4 Å². The third-order valence-electron chi connectivity index (χ3n) is 1.29. The first-order chi connectivity index (χ1) is 5.02. The Labute approximate surface area is 63.9 Å². The molecule has 0 saturated carbocycles. The van der Waals surface area contributed by atoms with E-state index in [9.17, 15) is 9.90 Å². The highest BCUT2D eigenvalue weighted by atomic mass is 16.3. The maximum atomic E-state index is 11.0. The molecule has 4 heteroatoms. The number of aromatic amines is 1. The Kier molecular flexibility index (Phi) is 1.78. The van der Waals surface area contributed by atoms with E-state index in [1.165, 1.54) is 26.2 Å². The molecule has 0 aliphatic heterocycles. The van der Waals surface area contributed by atoms with E-state index >= 15 is 0 Å². The van der Waals surface area contributed by atoms with E-state index in [0.717, 1.165) is 0 Å². The molecule has 0 amide bonds. The van der Waals surface area contributed by atoms with Crippen LogP contribution in [0.25, 0.3) is 0 Å². The Bertz CT molecular complexity index is 298. The van der Waals surface area contributed by atoms with Gasteiger partial charge in [0.05, 0.1) is 0 Å². The maximum Gasteiger partial charge on any atom is 0.272 e. The van der Waals surface area contributed by atoms with Crippen LogP contribution in [0.3, 0.4) is 0 Å². The van der Waals surface area contributed by atoms with E-state index in [1.807, 2.05) is 0 Å². The third kappa shape index (κ3) is 1.65. The predicted octanol–water partition coefficient (Wildman–Crippen LogP) is -0.00270. The van der Waals surface area contributed by atoms with Crippen molar-refractivity contribution in [3.05, 3.63) is 28.4 Å². The van der Waals surface area contributed by atoms with Gasteiger partial charge in [0, 0.05) is 12.4 Å². The molecule has 0 atom stereocenters. The molecule has 0 unspecified atom stereocenters. The Morgan fingerprint density at radius 3 is 2.64 bits per heavy atom. The topological polar surface area (TPSA) is 66.0 Å². The summed E-state index contributed by atoms with van der Waals surface area (Å²) in [6, 6.07) is 0. The standard InChI is InChI=1S/C7H10N2O2/c1-7(2,11)5-6(10)9-4-3-8-5/h3-4,11H,1-2H3,(H,9,10). The molecule has 0 bridgehead atoms. The average Bonchev–Trinajstić information content (AvgIpc) is 1.86. The van der Waals surface area contributed by atoms with E-state index in [-0.39, 0.29) is 11.3 Å². The van der Waals surface area contributed by atoms with Gasteiger partial charge in [0.25, 0.3) is 5.56 Å². The van der Waals surface area contributed by atoms with Gasteiger partial charge in [-0.05, 0) is 13.8 Å². The predicted molar refractivity (Wildman–Crippen MR) is 40.1 cm³/mol. The Balaban J connectivity index is 3.26. The van der Waals surface area contributed by atoms with Crippen molar-refractivity contribution < 1.29 is 5.11 Å². The summed E-state index contributed by atoms with van der Waals surface area (Å²) in [5, 5.41) is 9.39. The minimum atomic E-state index is -1.17. The molecule has 0 saturated heterocycles. The van der Waals surface area contributed by atoms with Crippen LogP contribution >= 0.6 is 0 Å². The van der Waals surface area contributed by atoms with Crippen molar-refractivity contribution in [2.24, 2.45) is 0 Å². The minimum absolute atomic E-state index is 0.139. The van der Waals surface area contributed by atoms with Crippen LogP contribution in [0.2, 0.25) is 0 Å². The number of rotatable bonds is 1. The zero-order valence-electron chi connectivity index (χ0n) is 6.46. The summed E-state index contributed by atoms with van der Waals surface area (Å²) in [4.78, 5) is 17.2. The minimum Gasteiger partial charge on any atom is -0.384 e. The van der Waals surface area contributed by atoms with Crippen molar-refractivity contribution in [2.75, 3.05) is 0 Å². The second-order valence-corrected chi connectivity index (χ2v) is 2.83. The zero-order chi connectivity index (χ0) is 8.48. The van der Waals surface area contributed by atoms with Gasteiger partial charge < -0.3 is 10.1 Å². The molecule has 0 aromatic carbocycles. The average molecular weight is 154 g/mol. The molecule has 0 fully saturated rings. The lowest BCUT2D eigenvalue weighted by atomic mass is 10.1. The van der Waals surface area contributed by atoms with E-state index in [1.54, 1.807) is 0 Å². The van der Waals surface area contributed by atoms with Crippen LogP contribution in [0.1, 0.15) is 19.5 Å². The summed E-state index contributed by atoms with van der Waals surface area (Å²) in [6.45, 7) is 3.04. The smallest absolute Gasteiger partial charge is 0.272 e. The van der Waals surface area contributed by atoms with Crippen molar-refractivity contribution in [1.82, 2.24) is 9.97 Å². The van der Waals surface area contributed by atoms with Gasteiger partial charge in [-0.1, -0.05) is 0 Å². The summed E-state index contributed by atoms with van der Waals surface area (Å²) < 4.78 is 0. The van der Waals surface area contributed by atoms with Gasteiger partial charge in [-0.15, -0.1) is 0 Å². The van der Waals surface area contributed by atoms with E-state index < -0.39 is 5.60 Å². The van der Waals surface area contributed by atoms with E-state index in [2.05, 4.69) is 9.97 Å². The molecule has 4 nitrogen and oxygen atoms in total. The Hall–Kier alpha value is -1.16. The summed E-state index contributed by atoms with van der Waals surface area (Å²) in [5.41, 5.74) is -1.38. The van der Waals surface area contributed by atoms with Gasteiger partial charge in [-0.2, -0.15) is 0 Å². The Morgan fingerprint density at radius 2 is 2.27 bits per heavy atom. The lowest BCUT2D eigenvalue weighted by Crippen LogP contribution is -2.28. The van der Waals surface area contributed by atoms with Crippen LogP contribution in [0.5, 0.6) is 0 Å². The van der Waals surface area contributed by atoms with Crippen LogP contribution in [-0.4, -0.2) is 15.1 Å². The highest BCUT2D eigenvalue weighted by molar-refractivity contribution is 5.04. The number of aromatic nitrogens is 2. The molecule has 0 spiro atoms. The SMILES string of the molecule is CC(C)(O)c1ncc[nH]c1=O. The van der Waals surface area contributed by atoms with Crippen molar-refractivity contribution in [1.29, 1.82) is 0 Å². The summed E-state index contributed by atoms with van der Waals surface area (Å²) in [5.74, 6) is 0. The lowest BCUT2D eigenvalue weighted by molar-refractivity contribution is 0.0721. The molecular weight excluding hydrogens is 144 g/mol. The van der Waals surface area contributed by atoms with Gasteiger partial charge in [0.15, 0.2) is 0 Å². The van der Waals surface area contributed by atoms with Crippen LogP contribution in [0.4, 0.5) is 0 Å². The van der Waals surface area contributed by atoms with Crippen molar-refractivity contribution in [3.8, 4) is 0 Å². The van der Waals surface area contributed by atoms with Crippen molar-refractivity contribution in [3.63, 3.8) is 0 Å². The van der Waals surface area contributed by atoms with Crippen LogP contribution < -0.4 is 5.56 Å². The highest BCUT2D eigenvalue weighted by Crippen LogP contribution is 2.10. The quantitative estimate of drug-likeness (QED) is 0.598. The monoisotopic (exact) mass is 154 g/mol. The normalized spacial score (nSPS) is 11.5. The number of hydrogen-bond donors (Lipinski definition) is 2. The molecule has 1 heterocycles. The van der Waals surface area contributed by atoms with E-state index in [4.69, 9.17) is 0 Å². The fourth-order valence-corrected chi connectivity index (χ4v) is 0.788. The summed E-state index contributed by atoms with van der Waals surface area (Å²) in [6.07, 6.45) is 2.87. The number of hydrogen-bond acceptors (Lipinski definition) is 3. The number of nitrogens with one attached hydrogen (secondary N) is 1. The third-order valence-corrected chi connectivity index (χ3v) is 1.29. The number of nitrogens with zero attached hydrogens (tertiary/aromatic N) is 1. The molecule has 60 valence electrons. The second-order valence-electron chi connectivity index (χ2n) is 2.83. The Morgan fingerprint density at radius 1 is 1.64 bits per heavy atom. The van der Waals surface area contributed by atoms with Gasteiger partial charge in [-0.3, -0.25) is 9.78 Å². The molecule has 0 aliphatic carbocycles. The van der Waals surface area contributed by atoms with Gasteiger partial charge in [-0.25, -0.2) is 0 Å². The van der Waals surface area contributed by atoms with E-state index in [0.29, 0.717) is 0 Å². The second kappa shape index (κ2) is 2.47.